The van der Waals surface area contributed by atoms with Gasteiger partial charge < -0.3 is 26.0 Å². The van der Waals surface area contributed by atoms with Crippen LogP contribution in [-0.2, 0) is 4.79 Å². The van der Waals surface area contributed by atoms with Crippen LogP contribution in [0, 0.1) is 6.92 Å². The van der Waals surface area contributed by atoms with E-state index in [0.29, 0.717) is 46.4 Å². The van der Waals surface area contributed by atoms with E-state index in [1.165, 1.54) is 6.08 Å². The number of amides is 2. The maximum absolute atomic E-state index is 13.4. The summed E-state index contributed by atoms with van der Waals surface area (Å²) in [7, 11) is 0. The van der Waals surface area contributed by atoms with E-state index in [9.17, 15) is 14.7 Å². The molecule has 6 rings (SSSR count). The molecular formula is C31H26ClN5O3. The van der Waals surface area contributed by atoms with Crippen LogP contribution >= 0.6 is 11.6 Å². The molecule has 9 heteroatoms. The summed E-state index contributed by atoms with van der Waals surface area (Å²) in [4.78, 5) is 35.2. The molecule has 0 saturated heterocycles. The predicted molar refractivity (Wildman–Crippen MR) is 160 cm³/mol. The number of aryl methyl sites for hydroxylation is 1. The first-order valence-electron chi connectivity index (χ1n) is 12.8. The van der Waals surface area contributed by atoms with E-state index < -0.39 is 0 Å². The van der Waals surface area contributed by atoms with Crippen LogP contribution in [0.4, 0.5) is 17.1 Å². The molecule has 0 bridgehead atoms. The Morgan fingerprint density at radius 3 is 2.77 bits per heavy atom. The molecule has 0 radical (unpaired) electrons. The second kappa shape index (κ2) is 10.1. The van der Waals surface area contributed by atoms with Crippen LogP contribution in [0.15, 0.2) is 72.9 Å². The Morgan fingerprint density at radius 1 is 1.20 bits per heavy atom. The number of nitrogen functional groups attached to an aromatic ring is 1. The first-order valence-corrected chi connectivity index (χ1v) is 13.3. The Hall–Kier alpha value is -4.82. The van der Waals surface area contributed by atoms with Gasteiger partial charge in [0.2, 0.25) is 0 Å². The zero-order chi connectivity index (χ0) is 28.0. The summed E-state index contributed by atoms with van der Waals surface area (Å²) in [5.41, 5.74) is 11.3. The van der Waals surface area contributed by atoms with Crippen molar-refractivity contribution >= 4 is 68.4 Å². The normalized spacial score (nSPS) is 14.8. The summed E-state index contributed by atoms with van der Waals surface area (Å²) >= 11 is 6.34. The highest BCUT2D eigenvalue weighted by atomic mass is 35.5. The summed E-state index contributed by atoms with van der Waals surface area (Å²) in [6.45, 7) is 2.43. The van der Waals surface area contributed by atoms with Gasteiger partial charge in [0.15, 0.2) is 0 Å². The van der Waals surface area contributed by atoms with E-state index in [-0.39, 0.29) is 23.5 Å². The van der Waals surface area contributed by atoms with Crippen LogP contribution in [0.2, 0.25) is 0 Å². The molecule has 1 atom stereocenters. The number of aromatic hydroxyl groups is 1. The molecule has 0 aliphatic carbocycles. The fourth-order valence-electron chi connectivity index (χ4n) is 5.32. The van der Waals surface area contributed by atoms with Crippen LogP contribution in [-0.4, -0.2) is 39.3 Å². The molecule has 1 aliphatic heterocycles. The number of carbonyl (C=O) groups excluding carboxylic acids is 2. The minimum Gasteiger partial charge on any atom is -0.507 e. The lowest BCUT2D eigenvalue weighted by molar-refractivity contribution is -0.114. The Labute approximate surface area is 235 Å². The van der Waals surface area contributed by atoms with Crippen molar-refractivity contribution in [2.45, 2.75) is 12.8 Å². The number of pyridine rings is 1. The van der Waals surface area contributed by atoms with Gasteiger partial charge in [0.25, 0.3) is 11.8 Å². The summed E-state index contributed by atoms with van der Waals surface area (Å²) < 4.78 is 0. The van der Waals surface area contributed by atoms with Gasteiger partial charge in [0.1, 0.15) is 11.4 Å². The Bertz CT molecular complexity index is 1830. The van der Waals surface area contributed by atoms with Crippen molar-refractivity contribution in [1.82, 2.24) is 9.97 Å². The van der Waals surface area contributed by atoms with Crippen LogP contribution in [0.25, 0.3) is 27.9 Å². The van der Waals surface area contributed by atoms with Gasteiger partial charge in [-0.15, -0.1) is 11.6 Å². The number of halogens is 1. The molecule has 5 N–H and O–H groups in total. The molecule has 0 saturated carbocycles. The highest BCUT2D eigenvalue weighted by Gasteiger charge is 2.34. The zero-order valence-electron chi connectivity index (χ0n) is 21.6. The van der Waals surface area contributed by atoms with Crippen molar-refractivity contribution in [3.63, 3.8) is 0 Å². The molecule has 0 spiro atoms. The number of fused-ring (bicyclic) bond motifs is 4. The van der Waals surface area contributed by atoms with Crippen molar-refractivity contribution in [2.24, 2.45) is 0 Å². The van der Waals surface area contributed by atoms with Crippen molar-refractivity contribution in [3.05, 3.63) is 95.3 Å². The van der Waals surface area contributed by atoms with Gasteiger partial charge in [-0.2, -0.15) is 0 Å². The number of anilines is 3. The average molecular weight is 552 g/mol. The minimum atomic E-state index is -0.266. The Morgan fingerprint density at radius 2 is 2.00 bits per heavy atom. The van der Waals surface area contributed by atoms with Crippen molar-refractivity contribution in [1.29, 1.82) is 0 Å². The number of benzene rings is 3. The number of phenolic OH excluding ortho intramolecular Hbond substituents is 1. The Kier molecular flexibility index (Phi) is 6.40. The largest absolute Gasteiger partial charge is 0.507 e. The van der Waals surface area contributed by atoms with E-state index in [1.807, 2.05) is 37.3 Å². The molecule has 8 nitrogen and oxygen atoms in total. The minimum absolute atomic E-state index is 0.0441. The van der Waals surface area contributed by atoms with Gasteiger partial charge in [-0.05, 0) is 65.9 Å². The number of aromatic nitrogens is 2. The maximum atomic E-state index is 13.4. The predicted octanol–water partition coefficient (Wildman–Crippen LogP) is 5.95. The molecule has 40 heavy (non-hydrogen) atoms. The second-order valence-corrected chi connectivity index (χ2v) is 10.2. The molecular weight excluding hydrogens is 526 g/mol. The lowest BCUT2D eigenvalue weighted by atomic mass is 9.92. The van der Waals surface area contributed by atoms with Gasteiger partial charge in [-0.3, -0.25) is 9.59 Å². The molecule has 5 aromatic rings. The van der Waals surface area contributed by atoms with Crippen LogP contribution in [0.5, 0.6) is 5.75 Å². The van der Waals surface area contributed by atoms with Crippen LogP contribution in [0.3, 0.4) is 0 Å². The van der Waals surface area contributed by atoms with E-state index >= 15 is 0 Å². The highest BCUT2D eigenvalue weighted by molar-refractivity contribution is 6.19. The van der Waals surface area contributed by atoms with Gasteiger partial charge >= 0.3 is 0 Å². The van der Waals surface area contributed by atoms with Crippen molar-refractivity contribution in [3.8, 4) is 5.75 Å². The number of H-pyrrole nitrogens is 1. The third-order valence-electron chi connectivity index (χ3n) is 7.25. The van der Waals surface area contributed by atoms with Crippen LogP contribution < -0.4 is 16.0 Å². The number of rotatable bonds is 5. The van der Waals surface area contributed by atoms with E-state index in [0.717, 1.165) is 27.3 Å². The lowest BCUT2D eigenvalue weighted by Crippen LogP contribution is -2.28. The SMILES string of the molecule is Cc1cccc2c(O)cc3c(c12)[C@H](CCl)CN3C(=O)/C=C/c1cc2cc(NC(=O)c3ccc(N)cc3)cnc2[nH]1. The number of nitrogens with one attached hydrogen (secondary N) is 2. The monoisotopic (exact) mass is 551 g/mol. The maximum Gasteiger partial charge on any atom is 0.255 e. The first-order chi connectivity index (χ1) is 19.3. The summed E-state index contributed by atoms with van der Waals surface area (Å²) in [6, 6.07) is 17.8. The van der Waals surface area contributed by atoms with E-state index in [4.69, 9.17) is 17.3 Å². The number of phenols is 1. The average Bonchev–Trinajstić information content (AvgIpc) is 3.53. The van der Waals surface area contributed by atoms with E-state index in [1.54, 1.807) is 47.5 Å². The van der Waals surface area contributed by atoms with Crippen molar-refractivity contribution < 1.29 is 14.7 Å². The molecule has 2 aromatic heterocycles. The van der Waals surface area contributed by atoms with Gasteiger partial charge in [0.05, 0.1) is 17.6 Å². The molecule has 200 valence electrons. The fraction of sp³-hybridized carbons (Fsp3) is 0.129. The Balaban J connectivity index is 1.24. The summed E-state index contributed by atoms with van der Waals surface area (Å²) in [5.74, 6) is -0.0332. The van der Waals surface area contributed by atoms with Gasteiger partial charge in [0, 0.05) is 58.2 Å². The molecule has 3 aromatic carbocycles. The standard InChI is InChI=1S/C31H26ClN5O3/c1-17-3-2-4-24-26(38)13-25-29(28(17)24)20(14-32)16-37(25)27(39)10-9-22-11-19-12-23(15-34-30(19)35-22)36-31(40)18-5-7-21(33)8-6-18/h2-13,15,20,38H,14,16,33H2,1H3,(H,34,35)(H,36,40)/b10-9+/t20-/m1/s1. The lowest BCUT2D eigenvalue weighted by Gasteiger charge is -2.17. The quantitative estimate of drug-likeness (QED) is 0.122. The zero-order valence-corrected chi connectivity index (χ0v) is 22.4. The first kappa shape index (κ1) is 25.5. The number of aromatic amines is 1. The third kappa shape index (κ3) is 4.52. The molecule has 1 aliphatic rings. The summed E-state index contributed by atoms with van der Waals surface area (Å²) in [6.07, 6.45) is 4.75. The number of nitrogens with two attached hydrogens (primary N) is 1. The fourth-order valence-corrected chi connectivity index (χ4v) is 5.57. The van der Waals surface area contributed by atoms with Crippen molar-refractivity contribution in [2.75, 3.05) is 28.4 Å². The molecule has 0 unspecified atom stereocenters. The third-order valence-corrected chi connectivity index (χ3v) is 7.62. The topological polar surface area (TPSA) is 124 Å². The highest BCUT2D eigenvalue weighted by Crippen LogP contribution is 2.46. The number of hydrogen-bond donors (Lipinski definition) is 4. The number of carbonyl (C=O) groups is 2. The van der Waals surface area contributed by atoms with Crippen LogP contribution in [0.1, 0.15) is 33.1 Å². The number of nitrogens with zero attached hydrogens (tertiary/aromatic N) is 2. The molecule has 0 fully saturated rings. The van der Waals surface area contributed by atoms with Gasteiger partial charge in [-0.25, -0.2) is 4.98 Å². The molecule has 3 heterocycles. The van der Waals surface area contributed by atoms with E-state index in [2.05, 4.69) is 15.3 Å². The smallest absolute Gasteiger partial charge is 0.255 e. The van der Waals surface area contributed by atoms with Gasteiger partial charge in [-0.1, -0.05) is 18.2 Å². The molecule has 2 amide bonds. The number of hydrogen-bond acceptors (Lipinski definition) is 5. The second-order valence-electron chi connectivity index (χ2n) is 9.92. The summed E-state index contributed by atoms with van der Waals surface area (Å²) in [5, 5.41) is 16.1. The number of alkyl halides is 1.